The molecule has 0 unspecified atom stereocenters. The van der Waals surface area contributed by atoms with Gasteiger partial charge in [-0.1, -0.05) is 0 Å². The van der Waals surface area contributed by atoms with Crippen LogP contribution in [-0.2, 0) is 4.79 Å². The molecular formula is C18H23FN4O3. The van der Waals surface area contributed by atoms with Gasteiger partial charge in [0.15, 0.2) is 0 Å². The minimum atomic E-state index is -0.542. The Morgan fingerprint density at radius 1 is 1.04 bits per heavy atom. The minimum Gasteiger partial charge on any atom is -0.369 e. The molecule has 2 saturated heterocycles. The Hall–Kier alpha value is -2.64. The smallest absolute Gasteiger partial charge is 0.321 e. The molecule has 0 aliphatic carbocycles. The Bertz CT molecular complexity index is 710. The first-order valence-electron chi connectivity index (χ1n) is 8.90. The van der Waals surface area contributed by atoms with E-state index in [4.69, 9.17) is 5.73 Å². The lowest BCUT2D eigenvalue weighted by atomic mass is 9.95. The van der Waals surface area contributed by atoms with Crippen molar-refractivity contribution in [3.63, 3.8) is 0 Å². The predicted octanol–water partition coefficient (Wildman–Crippen LogP) is 1.79. The Kier molecular flexibility index (Phi) is 5.39. The van der Waals surface area contributed by atoms with E-state index in [1.165, 1.54) is 12.1 Å². The summed E-state index contributed by atoms with van der Waals surface area (Å²) in [5, 5.41) is 2.73. The molecule has 4 amide bonds. The number of hydrogen-bond acceptors (Lipinski definition) is 3. The molecule has 7 nitrogen and oxygen atoms in total. The first kappa shape index (κ1) is 18.2. The Morgan fingerprint density at radius 3 is 2.31 bits per heavy atom. The molecule has 0 aromatic heterocycles. The van der Waals surface area contributed by atoms with Crippen LogP contribution >= 0.6 is 0 Å². The third kappa shape index (κ3) is 3.95. The molecule has 8 heteroatoms. The average Bonchev–Trinajstić information content (AvgIpc) is 3.17. The highest BCUT2D eigenvalue weighted by molar-refractivity contribution is 6.03. The van der Waals surface area contributed by atoms with Gasteiger partial charge in [0.1, 0.15) is 5.82 Å². The van der Waals surface area contributed by atoms with Crippen molar-refractivity contribution in [2.75, 3.05) is 31.5 Å². The van der Waals surface area contributed by atoms with E-state index < -0.39 is 5.82 Å². The number of carbonyl (C=O) groups excluding carboxylic acids is 3. The molecule has 0 radical (unpaired) electrons. The number of nitrogens with zero attached hydrogens (tertiary/aromatic N) is 2. The lowest BCUT2D eigenvalue weighted by molar-refractivity contribution is -0.123. The van der Waals surface area contributed by atoms with Gasteiger partial charge in [-0.25, -0.2) is 9.18 Å². The van der Waals surface area contributed by atoms with Crippen LogP contribution in [0, 0.1) is 11.7 Å². The van der Waals surface area contributed by atoms with E-state index >= 15 is 0 Å². The number of benzene rings is 1. The first-order valence-corrected chi connectivity index (χ1v) is 8.90. The van der Waals surface area contributed by atoms with Crippen LogP contribution < -0.4 is 11.1 Å². The standard InChI is InChI=1S/C18H23FN4O3/c19-13-3-4-15(21-18(26)23-7-1-2-8-23)14(11-13)17(25)22-9-5-12(6-10-22)16(20)24/h3-4,11-12H,1-2,5-10H2,(H2,20,24)(H,21,26). The van der Waals surface area contributed by atoms with Crippen molar-refractivity contribution in [1.29, 1.82) is 0 Å². The number of halogens is 1. The number of hydrogen-bond donors (Lipinski definition) is 2. The molecule has 1 aromatic carbocycles. The Morgan fingerprint density at radius 2 is 1.69 bits per heavy atom. The number of primary amides is 1. The zero-order valence-corrected chi connectivity index (χ0v) is 14.5. The molecule has 2 aliphatic rings. The lowest BCUT2D eigenvalue weighted by Crippen LogP contribution is -2.42. The number of carbonyl (C=O) groups is 3. The number of anilines is 1. The predicted molar refractivity (Wildman–Crippen MR) is 94.0 cm³/mol. The number of rotatable bonds is 3. The van der Waals surface area contributed by atoms with E-state index in [2.05, 4.69) is 5.32 Å². The second-order valence-electron chi connectivity index (χ2n) is 6.78. The number of nitrogens with one attached hydrogen (secondary N) is 1. The Labute approximate surface area is 151 Å². The summed E-state index contributed by atoms with van der Waals surface area (Å²) in [6.45, 7) is 2.11. The van der Waals surface area contributed by atoms with Crippen molar-refractivity contribution >= 4 is 23.5 Å². The molecule has 0 bridgehead atoms. The number of amides is 4. The van der Waals surface area contributed by atoms with Crippen LogP contribution in [-0.4, -0.2) is 53.8 Å². The van der Waals surface area contributed by atoms with Crippen molar-refractivity contribution in [3.05, 3.63) is 29.6 Å². The summed E-state index contributed by atoms with van der Waals surface area (Å²) in [5.74, 6) is -1.49. The number of nitrogens with two attached hydrogens (primary N) is 1. The summed E-state index contributed by atoms with van der Waals surface area (Å²) >= 11 is 0. The van der Waals surface area contributed by atoms with E-state index in [0.29, 0.717) is 44.7 Å². The molecule has 3 rings (SSSR count). The molecule has 0 spiro atoms. The lowest BCUT2D eigenvalue weighted by Gasteiger charge is -2.31. The van der Waals surface area contributed by atoms with E-state index in [0.717, 1.165) is 18.9 Å². The summed E-state index contributed by atoms with van der Waals surface area (Å²) in [6.07, 6.45) is 2.90. The van der Waals surface area contributed by atoms with Crippen LogP contribution in [0.3, 0.4) is 0 Å². The highest BCUT2D eigenvalue weighted by atomic mass is 19.1. The zero-order valence-electron chi connectivity index (χ0n) is 14.5. The SMILES string of the molecule is NC(=O)C1CCN(C(=O)c2cc(F)ccc2NC(=O)N2CCCC2)CC1. The van der Waals surface area contributed by atoms with Gasteiger partial charge in [-0.2, -0.15) is 0 Å². The zero-order chi connectivity index (χ0) is 18.7. The monoisotopic (exact) mass is 362 g/mol. The van der Waals surface area contributed by atoms with Gasteiger partial charge < -0.3 is 20.9 Å². The van der Waals surface area contributed by atoms with Gasteiger partial charge in [-0.3, -0.25) is 9.59 Å². The quantitative estimate of drug-likeness (QED) is 0.858. The third-order valence-electron chi connectivity index (χ3n) is 5.03. The van der Waals surface area contributed by atoms with E-state index in [1.807, 2.05) is 0 Å². The van der Waals surface area contributed by atoms with Crippen LogP contribution in [0.5, 0.6) is 0 Å². The van der Waals surface area contributed by atoms with E-state index in [1.54, 1.807) is 9.80 Å². The second kappa shape index (κ2) is 7.72. The summed E-state index contributed by atoms with van der Waals surface area (Å²) in [6, 6.07) is 3.49. The van der Waals surface area contributed by atoms with Crippen LogP contribution in [0.25, 0.3) is 0 Å². The molecule has 0 saturated carbocycles. The molecule has 2 heterocycles. The molecule has 1 aromatic rings. The maximum atomic E-state index is 13.7. The minimum absolute atomic E-state index is 0.120. The van der Waals surface area contributed by atoms with Crippen LogP contribution in [0.4, 0.5) is 14.9 Å². The maximum absolute atomic E-state index is 13.7. The third-order valence-corrected chi connectivity index (χ3v) is 5.03. The summed E-state index contributed by atoms with van der Waals surface area (Å²) in [4.78, 5) is 39.7. The molecule has 2 aliphatic heterocycles. The van der Waals surface area contributed by atoms with E-state index in [-0.39, 0.29) is 29.3 Å². The van der Waals surface area contributed by atoms with Crippen molar-refractivity contribution in [2.24, 2.45) is 11.7 Å². The largest absolute Gasteiger partial charge is 0.369 e. The summed E-state index contributed by atoms with van der Waals surface area (Å²) < 4.78 is 13.7. The van der Waals surface area contributed by atoms with E-state index in [9.17, 15) is 18.8 Å². The average molecular weight is 362 g/mol. The Balaban J connectivity index is 1.74. The summed E-state index contributed by atoms with van der Waals surface area (Å²) in [5.41, 5.74) is 5.73. The molecule has 140 valence electrons. The van der Waals surface area contributed by atoms with Gasteiger partial charge in [0.25, 0.3) is 5.91 Å². The number of piperidine rings is 1. The molecule has 26 heavy (non-hydrogen) atoms. The van der Waals surface area contributed by atoms with Crippen molar-refractivity contribution in [2.45, 2.75) is 25.7 Å². The topological polar surface area (TPSA) is 95.7 Å². The fraction of sp³-hybridized carbons (Fsp3) is 0.500. The highest BCUT2D eigenvalue weighted by Crippen LogP contribution is 2.24. The van der Waals surface area contributed by atoms with Crippen molar-refractivity contribution < 1.29 is 18.8 Å². The van der Waals surface area contributed by atoms with Gasteiger partial charge in [0.05, 0.1) is 11.3 Å². The molecular weight excluding hydrogens is 339 g/mol. The van der Waals surface area contributed by atoms with Crippen LogP contribution in [0.1, 0.15) is 36.0 Å². The highest BCUT2D eigenvalue weighted by Gasteiger charge is 2.28. The molecule has 2 fully saturated rings. The van der Waals surface area contributed by atoms with Gasteiger partial charge >= 0.3 is 6.03 Å². The summed E-state index contributed by atoms with van der Waals surface area (Å²) in [7, 11) is 0. The molecule has 0 atom stereocenters. The van der Waals surface area contributed by atoms with Crippen molar-refractivity contribution in [3.8, 4) is 0 Å². The maximum Gasteiger partial charge on any atom is 0.321 e. The first-order chi connectivity index (χ1) is 12.5. The second-order valence-corrected chi connectivity index (χ2v) is 6.78. The number of urea groups is 1. The van der Waals surface area contributed by atoms with Gasteiger partial charge in [0, 0.05) is 32.1 Å². The van der Waals surface area contributed by atoms with Crippen LogP contribution in [0.2, 0.25) is 0 Å². The molecule has 3 N–H and O–H groups in total. The van der Waals surface area contributed by atoms with Crippen LogP contribution in [0.15, 0.2) is 18.2 Å². The van der Waals surface area contributed by atoms with Gasteiger partial charge in [-0.05, 0) is 43.9 Å². The van der Waals surface area contributed by atoms with Gasteiger partial charge in [-0.15, -0.1) is 0 Å². The fourth-order valence-corrected chi connectivity index (χ4v) is 3.45. The van der Waals surface area contributed by atoms with Gasteiger partial charge in [0.2, 0.25) is 5.91 Å². The normalized spacial score (nSPS) is 18.0. The van der Waals surface area contributed by atoms with Crippen molar-refractivity contribution in [1.82, 2.24) is 9.80 Å². The fourth-order valence-electron chi connectivity index (χ4n) is 3.45. The number of likely N-dealkylation sites (tertiary alicyclic amines) is 2.